The van der Waals surface area contributed by atoms with Crippen molar-refractivity contribution in [1.29, 1.82) is 0 Å². The number of rotatable bonds is 0. The molecule has 0 saturated carbocycles. The standard InChI is InChI=1S/C4H7OS2/c5-7-3-1-2-6-4-7/h1H,2-4H2. The zero-order valence-corrected chi connectivity index (χ0v) is 5.56. The maximum absolute atomic E-state index is 10.5. The minimum absolute atomic E-state index is 0.533. The molecule has 1 nitrogen and oxygen atoms in total. The lowest BCUT2D eigenvalue weighted by molar-refractivity contribution is 0.601. The van der Waals surface area contributed by atoms with Crippen molar-refractivity contribution >= 4 is 22.9 Å². The van der Waals surface area contributed by atoms with Gasteiger partial charge in [0.05, 0.1) is 0 Å². The van der Waals surface area contributed by atoms with E-state index < -0.39 is 11.2 Å². The summed E-state index contributed by atoms with van der Waals surface area (Å²) in [6.07, 6.45) is 2.07. The first-order valence-corrected chi connectivity index (χ1v) is 4.78. The molecule has 0 aromatic heterocycles. The van der Waals surface area contributed by atoms with Gasteiger partial charge in [0.2, 0.25) is 0 Å². The molecule has 7 heavy (non-hydrogen) atoms. The van der Waals surface area contributed by atoms with Crippen molar-refractivity contribution in [1.82, 2.24) is 0 Å². The molecule has 1 atom stereocenters. The van der Waals surface area contributed by atoms with Gasteiger partial charge < -0.3 is 4.55 Å². The highest BCUT2D eigenvalue weighted by molar-refractivity contribution is 8.13. The van der Waals surface area contributed by atoms with E-state index in [1.807, 2.05) is 0 Å². The second-order valence-electron chi connectivity index (χ2n) is 1.38. The zero-order valence-electron chi connectivity index (χ0n) is 3.92. The third kappa shape index (κ3) is 1.93. The largest absolute Gasteiger partial charge is 0.616 e. The summed E-state index contributed by atoms with van der Waals surface area (Å²) in [7, 11) is 0. The lowest BCUT2D eigenvalue weighted by Gasteiger charge is -2.13. The Morgan fingerprint density at radius 3 is 2.86 bits per heavy atom. The monoisotopic (exact) mass is 135 g/mol. The van der Waals surface area contributed by atoms with Crippen molar-refractivity contribution in [3.05, 3.63) is 6.42 Å². The second kappa shape index (κ2) is 2.84. The van der Waals surface area contributed by atoms with Crippen LogP contribution in [-0.2, 0) is 11.2 Å². The third-order valence-corrected chi connectivity index (χ3v) is 3.55. The third-order valence-electron chi connectivity index (χ3n) is 0.754. The molecule has 1 saturated heterocycles. The lowest BCUT2D eigenvalue weighted by atomic mass is 10.6. The minimum Gasteiger partial charge on any atom is -0.616 e. The first-order chi connectivity index (χ1) is 3.39. The van der Waals surface area contributed by atoms with Gasteiger partial charge in [-0.15, -0.1) is 11.8 Å². The van der Waals surface area contributed by atoms with Crippen LogP contribution >= 0.6 is 11.8 Å². The van der Waals surface area contributed by atoms with Gasteiger partial charge in [0, 0.05) is 12.2 Å². The van der Waals surface area contributed by atoms with Gasteiger partial charge in [-0.2, -0.15) is 0 Å². The summed E-state index contributed by atoms with van der Waals surface area (Å²) in [6, 6.07) is 0. The van der Waals surface area contributed by atoms with Crippen LogP contribution < -0.4 is 0 Å². The Kier molecular flexibility index (Phi) is 2.35. The molecule has 1 unspecified atom stereocenters. The van der Waals surface area contributed by atoms with E-state index in [9.17, 15) is 4.55 Å². The molecule has 0 aromatic carbocycles. The second-order valence-corrected chi connectivity index (χ2v) is 4.28. The fraction of sp³-hybridized carbons (Fsp3) is 0.750. The van der Waals surface area contributed by atoms with Gasteiger partial charge >= 0.3 is 0 Å². The number of hydrogen-bond acceptors (Lipinski definition) is 2. The molecule has 0 aliphatic carbocycles. The smallest absolute Gasteiger partial charge is 0.151 e. The predicted octanol–water partition coefficient (Wildman–Crippen LogP) is 0.644. The van der Waals surface area contributed by atoms with Crippen LogP contribution in [0.5, 0.6) is 0 Å². The summed E-state index contributed by atoms with van der Waals surface area (Å²) >= 11 is 1.21. The SMILES string of the molecule is [O-][S+]1C[CH]CSC1. The van der Waals surface area contributed by atoms with E-state index >= 15 is 0 Å². The van der Waals surface area contributed by atoms with E-state index in [0.717, 1.165) is 16.6 Å². The van der Waals surface area contributed by atoms with Crippen LogP contribution in [0.2, 0.25) is 0 Å². The Hall–Kier alpha value is 0.660. The Morgan fingerprint density at radius 2 is 2.57 bits per heavy atom. The molecule has 1 radical (unpaired) electrons. The topological polar surface area (TPSA) is 23.1 Å². The molecule has 1 aliphatic heterocycles. The summed E-state index contributed by atoms with van der Waals surface area (Å²) in [5, 5.41) is 0.844. The van der Waals surface area contributed by atoms with Gasteiger partial charge in [-0.3, -0.25) is 0 Å². The Morgan fingerprint density at radius 1 is 1.71 bits per heavy atom. The Balaban J connectivity index is 2.12. The van der Waals surface area contributed by atoms with E-state index in [2.05, 4.69) is 6.42 Å². The highest BCUT2D eigenvalue weighted by atomic mass is 32.3. The minimum atomic E-state index is -0.533. The van der Waals surface area contributed by atoms with Crippen molar-refractivity contribution in [3.63, 3.8) is 0 Å². The zero-order chi connectivity index (χ0) is 5.11. The number of thioether (sulfide) groups is 1. The molecule has 1 heterocycles. The quantitative estimate of drug-likeness (QED) is 0.455. The van der Waals surface area contributed by atoms with E-state index in [1.165, 1.54) is 0 Å². The first-order valence-electron chi connectivity index (χ1n) is 2.14. The lowest BCUT2D eigenvalue weighted by Crippen LogP contribution is -2.15. The summed E-state index contributed by atoms with van der Waals surface area (Å²) in [6.45, 7) is 0. The van der Waals surface area contributed by atoms with Gasteiger partial charge in [0.1, 0.15) is 5.75 Å². The normalized spacial score (nSPS) is 33.0. The van der Waals surface area contributed by atoms with Gasteiger partial charge in [0.25, 0.3) is 0 Å². The van der Waals surface area contributed by atoms with Crippen LogP contribution in [0.25, 0.3) is 0 Å². The fourth-order valence-electron chi connectivity index (χ4n) is 0.452. The van der Waals surface area contributed by atoms with Crippen LogP contribution in [0, 0.1) is 6.42 Å². The first kappa shape index (κ1) is 5.79. The van der Waals surface area contributed by atoms with Gasteiger partial charge in [-0.1, -0.05) is 0 Å². The van der Waals surface area contributed by atoms with E-state index in [-0.39, 0.29) is 0 Å². The molecule has 41 valence electrons. The van der Waals surface area contributed by atoms with Gasteiger partial charge in [-0.05, 0) is 11.2 Å². The van der Waals surface area contributed by atoms with Crippen LogP contribution in [0.4, 0.5) is 0 Å². The summed E-state index contributed by atoms with van der Waals surface area (Å²) < 4.78 is 10.5. The molecule has 1 aliphatic rings. The molecule has 3 heteroatoms. The molecular weight excluding hydrogens is 128 g/mol. The molecule has 1 rings (SSSR count). The Labute approximate surface area is 51.0 Å². The average Bonchev–Trinajstić information content (AvgIpc) is 1.69. The van der Waals surface area contributed by atoms with Crippen molar-refractivity contribution in [2.24, 2.45) is 0 Å². The highest BCUT2D eigenvalue weighted by Gasteiger charge is 2.10. The van der Waals surface area contributed by atoms with Gasteiger partial charge in [-0.25, -0.2) is 0 Å². The van der Waals surface area contributed by atoms with Gasteiger partial charge in [0.15, 0.2) is 5.08 Å². The molecule has 0 aromatic rings. The molecule has 0 amide bonds. The van der Waals surface area contributed by atoms with E-state index in [1.54, 1.807) is 11.8 Å². The maximum Gasteiger partial charge on any atom is 0.151 e. The van der Waals surface area contributed by atoms with Crippen LogP contribution in [0.1, 0.15) is 0 Å². The summed E-state index contributed by atoms with van der Waals surface area (Å²) in [4.78, 5) is 0. The fourth-order valence-corrected chi connectivity index (χ4v) is 2.78. The molecular formula is C4H7OS2. The average molecular weight is 135 g/mol. The molecule has 0 bridgehead atoms. The van der Waals surface area contributed by atoms with Crippen molar-refractivity contribution < 1.29 is 4.55 Å². The van der Waals surface area contributed by atoms with E-state index in [4.69, 9.17) is 0 Å². The van der Waals surface area contributed by atoms with E-state index in [0.29, 0.717) is 0 Å². The number of hydrogen-bond donors (Lipinski definition) is 0. The van der Waals surface area contributed by atoms with Crippen LogP contribution in [0.3, 0.4) is 0 Å². The van der Waals surface area contributed by atoms with Crippen molar-refractivity contribution in [2.75, 3.05) is 16.6 Å². The summed E-state index contributed by atoms with van der Waals surface area (Å²) in [5.74, 6) is 1.90. The highest BCUT2D eigenvalue weighted by Crippen LogP contribution is 2.13. The summed E-state index contributed by atoms with van der Waals surface area (Å²) in [5.41, 5.74) is 0. The molecule has 1 fully saturated rings. The maximum atomic E-state index is 10.5. The predicted molar refractivity (Wildman–Crippen MR) is 34.6 cm³/mol. The van der Waals surface area contributed by atoms with Crippen LogP contribution in [0.15, 0.2) is 0 Å². The Bertz CT molecular complexity index is 51.7. The van der Waals surface area contributed by atoms with Crippen molar-refractivity contribution in [3.8, 4) is 0 Å². The van der Waals surface area contributed by atoms with Crippen molar-refractivity contribution in [2.45, 2.75) is 0 Å². The molecule has 0 N–H and O–H groups in total. The van der Waals surface area contributed by atoms with Crippen LogP contribution in [-0.4, -0.2) is 21.1 Å². The molecule has 0 spiro atoms.